The maximum atomic E-state index is 12.8. The number of amides is 1. The number of hydrogen-bond donors (Lipinski definition) is 2. The van der Waals surface area contributed by atoms with Crippen LogP contribution in [0.15, 0.2) is 18.2 Å². The van der Waals surface area contributed by atoms with E-state index in [2.05, 4.69) is 5.32 Å². The number of hydrogen-bond acceptors (Lipinski definition) is 6. The fraction of sp³-hybridized carbons (Fsp3) is 0.579. The molecular weight excluding hydrogens is 334 g/mol. The van der Waals surface area contributed by atoms with Crippen molar-refractivity contribution in [1.29, 1.82) is 0 Å². The number of nitrogens with one attached hydrogen (secondary N) is 1. The number of carbonyl (C=O) groups is 2. The Hall–Kier alpha value is -2.12. The van der Waals surface area contributed by atoms with E-state index in [4.69, 9.17) is 15.2 Å². The molecule has 1 amide bonds. The standard InChI is InChI=1S/C19H29N3O4/c1-11(2)8-15(20)19(24)21-13(4)22(5)12(3)18(23)14-6-7-16-17(9-14)26-10-25-16/h6-7,9,11-13,15H,8,10,20H2,1-5H3,(H,21,24). The van der Waals surface area contributed by atoms with Gasteiger partial charge in [-0.2, -0.15) is 0 Å². The van der Waals surface area contributed by atoms with E-state index in [0.29, 0.717) is 29.4 Å². The molecule has 3 atom stereocenters. The number of rotatable bonds is 8. The molecule has 2 rings (SSSR count). The van der Waals surface area contributed by atoms with Gasteiger partial charge in [0.2, 0.25) is 12.7 Å². The van der Waals surface area contributed by atoms with E-state index in [1.807, 2.05) is 32.6 Å². The molecule has 1 heterocycles. The Kier molecular flexibility index (Phi) is 6.61. The van der Waals surface area contributed by atoms with Crippen LogP contribution in [0.3, 0.4) is 0 Å². The topological polar surface area (TPSA) is 93.9 Å². The second-order valence-corrected chi connectivity index (χ2v) is 7.19. The highest BCUT2D eigenvalue weighted by Crippen LogP contribution is 2.33. The number of Topliss-reactive ketones (excluding diaryl/α,β-unsaturated/α-hetero) is 1. The van der Waals surface area contributed by atoms with Gasteiger partial charge in [-0.25, -0.2) is 0 Å². The van der Waals surface area contributed by atoms with E-state index in [1.54, 1.807) is 25.2 Å². The zero-order chi connectivity index (χ0) is 19.4. The molecule has 1 aromatic rings. The Balaban J connectivity index is 1.98. The van der Waals surface area contributed by atoms with E-state index < -0.39 is 12.1 Å². The van der Waals surface area contributed by atoms with Crippen LogP contribution in [0.25, 0.3) is 0 Å². The van der Waals surface area contributed by atoms with Gasteiger partial charge in [0.05, 0.1) is 18.2 Å². The van der Waals surface area contributed by atoms with Crippen LogP contribution in [-0.4, -0.2) is 48.7 Å². The summed E-state index contributed by atoms with van der Waals surface area (Å²) in [4.78, 5) is 26.8. The maximum Gasteiger partial charge on any atom is 0.238 e. The van der Waals surface area contributed by atoms with Crippen molar-refractivity contribution >= 4 is 11.7 Å². The fourth-order valence-corrected chi connectivity index (χ4v) is 2.84. The average molecular weight is 363 g/mol. The van der Waals surface area contributed by atoms with E-state index in [9.17, 15) is 9.59 Å². The third kappa shape index (κ3) is 4.74. The highest BCUT2D eigenvalue weighted by molar-refractivity contribution is 6.00. The Labute approximate surface area is 154 Å². The number of ketones is 1. The summed E-state index contributed by atoms with van der Waals surface area (Å²) >= 11 is 0. The monoisotopic (exact) mass is 363 g/mol. The van der Waals surface area contributed by atoms with Crippen molar-refractivity contribution in [2.45, 2.75) is 52.4 Å². The quantitative estimate of drug-likeness (QED) is 0.540. The van der Waals surface area contributed by atoms with Gasteiger partial charge in [-0.05, 0) is 51.4 Å². The van der Waals surface area contributed by atoms with Crippen LogP contribution in [0.4, 0.5) is 0 Å². The van der Waals surface area contributed by atoms with Crippen molar-refractivity contribution in [3.05, 3.63) is 23.8 Å². The number of carbonyl (C=O) groups excluding carboxylic acids is 2. The zero-order valence-corrected chi connectivity index (χ0v) is 16.1. The molecule has 1 aliphatic heterocycles. The first kappa shape index (κ1) is 20.2. The number of nitrogens with zero attached hydrogens (tertiary/aromatic N) is 1. The van der Waals surface area contributed by atoms with Crippen molar-refractivity contribution in [3.8, 4) is 11.5 Å². The molecule has 0 fully saturated rings. The Morgan fingerprint density at radius 2 is 1.85 bits per heavy atom. The number of likely N-dealkylation sites (N-methyl/N-ethyl adjacent to an activating group) is 1. The summed E-state index contributed by atoms with van der Waals surface area (Å²) in [6.07, 6.45) is 0.294. The normalized spacial score (nSPS) is 16.5. The molecule has 3 N–H and O–H groups in total. The summed E-state index contributed by atoms with van der Waals surface area (Å²) in [5.41, 5.74) is 6.47. The Morgan fingerprint density at radius 3 is 2.50 bits per heavy atom. The van der Waals surface area contributed by atoms with Crippen molar-refractivity contribution in [3.63, 3.8) is 0 Å². The lowest BCUT2D eigenvalue weighted by molar-refractivity contribution is -0.124. The first-order valence-corrected chi connectivity index (χ1v) is 8.92. The summed E-state index contributed by atoms with van der Waals surface area (Å²) in [6, 6.07) is 4.18. The van der Waals surface area contributed by atoms with Gasteiger partial charge in [0.15, 0.2) is 17.3 Å². The lowest BCUT2D eigenvalue weighted by atomic mass is 10.0. The zero-order valence-electron chi connectivity index (χ0n) is 16.1. The van der Waals surface area contributed by atoms with Gasteiger partial charge in [-0.3, -0.25) is 14.5 Å². The lowest BCUT2D eigenvalue weighted by Gasteiger charge is -2.31. The van der Waals surface area contributed by atoms with Gasteiger partial charge in [0.25, 0.3) is 0 Å². The molecule has 0 saturated heterocycles. The maximum absolute atomic E-state index is 12.8. The highest BCUT2D eigenvalue weighted by Gasteiger charge is 2.27. The van der Waals surface area contributed by atoms with E-state index in [1.165, 1.54) is 0 Å². The van der Waals surface area contributed by atoms with Crippen LogP contribution in [-0.2, 0) is 4.79 Å². The number of fused-ring (bicyclic) bond motifs is 1. The third-order valence-corrected chi connectivity index (χ3v) is 4.67. The molecule has 0 aromatic heterocycles. The smallest absolute Gasteiger partial charge is 0.238 e. The van der Waals surface area contributed by atoms with Crippen LogP contribution in [0.5, 0.6) is 11.5 Å². The van der Waals surface area contributed by atoms with Crippen molar-refractivity contribution in [2.75, 3.05) is 13.8 Å². The molecule has 144 valence electrons. The van der Waals surface area contributed by atoms with Crippen molar-refractivity contribution in [1.82, 2.24) is 10.2 Å². The minimum atomic E-state index is -0.550. The largest absolute Gasteiger partial charge is 0.454 e. The third-order valence-electron chi connectivity index (χ3n) is 4.67. The van der Waals surface area contributed by atoms with Crippen LogP contribution in [0.2, 0.25) is 0 Å². The predicted octanol–water partition coefficient (Wildman–Crippen LogP) is 1.75. The van der Waals surface area contributed by atoms with Crippen LogP contribution >= 0.6 is 0 Å². The first-order chi connectivity index (χ1) is 12.2. The van der Waals surface area contributed by atoms with Crippen molar-refractivity contribution < 1.29 is 19.1 Å². The molecule has 1 aromatic carbocycles. The highest BCUT2D eigenvalue weighted by atomic mass is 16.7. The molecule has 3 unspecified atom stereocenters. The molecule has 0 spiro atoms. The summed E-state index contributed by atoms with van der Waals surface area (Å²) < 4.78 is 10.6. The molecule has 26 heavy (non-hydrogen) atoms. The SMILES string of the molecule is CC(C)CC(N)C(=O)NC(C)N(C)C(C)C(=O)c1ccc2c(c1)OCO2. The van der Waals surface area contributed by atoms with Gasteiger partial charge < -0.3 is 20.5 Å². The molecule has 7 nitrogen and oxygen atoms in total. The summed E-state index contributed by atoms with van der Waals surface area (Å²) in [5, 5.41) is 2.88. The first-order valence-electron chi connectivity index (χ1n) is 8.92. The minimum absolute atomic E-state index is 0.0571. The van der Waals surface area contributed by atoms with Gasteiger partial charge in [-0.15, -0.1) is 0 Å². The second kappa shape index (κ2) is 8.51. The van der Waals surface area contributed by atoms with Gasteiger partial charge >= 0.3 is 0 Å². The van der Waals surface area contributed by atoms with Gasteiger partial charge in [0.1, 0.15) is 0 Å². The lowest BCUT2D eigenvalue weighted by Crippen LogP contribution is -2.54. The molecule has 0 saturated carbocycles. The van der Waals surface area contributed by atoms with Gasteiger partial charge in [0, 0.05) is 5.56 Å². The van der Waals surface area contributed by atoms with Crippen LogP contribution in [0, 0.1) is 5.92 Å². The fourth-order valence-electron chi connectivity index (χ4n) is 2.84. The molecular formula is C19H29N3O4. The minimum Gasteiger partial charge on any atom is -0.454 e. The predicted molar refractivity (Wildman–Crippen MR) is 99.2 cm³/mol. The number of ether oxygens (including phenoxy) is 2. The number of nitrogens with two attached hydrogens (primary N) is 1. The molecule has 0 radical (unpaired) electrons. The molecule has 7 heteroatoms. The van der Waals surface area contributed by atoms with E-state index >= 15 is 0 Å². The second-order valence-electron chi connectivity index (χ2n) is 7.19. The summed E-state index contributed by atoms with van der Waals surface area (Å²) in [7, 11) is 1.80. The summed E-state index contributed by atoms with van der Waals surface area (Å²) in [6.45, 7) is 7.86. The van der Waals surface area contributed by atoms with Crippen LogP contribution < -0.4 is 20.5 Å². The molecule has 1 aliphatic rings. The average Bonchev–Trinajstić information content (AvgIpc) is 3.06. The molecule has 0 bridgehead atoms. The summed E-state index contributed by atoms with van der Waals surface area (Å²) in [5.74, 6) is 1.29. The molecule has 0 aliphatic carbocycles. The van der Waals surface area contributed by atoms with Crippen LogP contribution in [0.1, 0.15) is 44.5 Å². The Morgan fingerprint density at radius 1 is 1.19 bits per heavy atom. The van der Waals surface area contributed by atoms with Gasteiger partial charge in [-0.1, -0.05) is 13.8 Å². The van der Waals surface area contributed by atoms with E-state index in [0.717, 1.165) is 0 Å². The Bertz CT molecular complexity index is 662. The van der Waals surface area contributed by atoms with E-state index in [-0.39, 0.29) is 24.6 Å². The number of benzene rings is 1. The van der Waals surface area contributed by atoms with Crippen molar-refractivity contribution in [2.24, 2.45) is 11.7 Å².